The van der Waals surface area contributed by atoms with Crippen LogP contribution in [0.1, 0.15) is 38.7 Å². The number of anilines is 1. The minimum absolute atomic E-state index is 0.278. The summed E-state index contributed by atoms with van der Waals surface area (Å²) in [5, 5.41) is 0.278. The van der Waals surface area contributed by atoms with Gasteiger partial charge in [-0.1, -0.05) is 19.9 Å². The average Bonchev–Trinajstić information content (AvgIpc) is 2.35. The van der Waals surface area contributed by atoms with Gasteiger partial charge in [0.2, 0.25) is 0 Å². The number of nitrogen functional groups attached to an aromatic ring is 1. The molecule has 0 heterocycles. The molecular formula is C15H23NOS. The van der Waals surface area contributed by atoms with Crippen LogP contribution in [0.2, 0.25) is 0 Å². The highest BCUT2D eigenvalue weighted by molar-refractivity contribution is 7.85. The summed E-state index contributed by atoms with van der Waals surface area (Å²) in [6.07, 6.45) is 3.30. The first kappa shape index (κ1) is 13.6. The summed E-state index contributed by atoms with van der Waals surface area (Å²) in [7, 11) is -0.952. The minimum atomic E-state index is -0.952. The fraction of sp³-hybridized carbons (Fsp3) is 0.600. The summed E-state index contributed by atoms with van der Waals surface area (Å²) >= 11 is 0. The van der Waals surface area contributed by atoms with Crippen molar-refractivity contribution in [2.45, 2.75) is 50.2 Å². The summed E-state index contributed by atoms with van der Waals surface area (Å²) in [4.78, 5) is 0.835. The van der Waals surface area contributed by atoms with E-state index < -0.39 is 10.8 Å². The summed E-state index contributed by atoms with van der Waals surface area (Å²) in [6, 6.07) is 5.83. The smallest absolute Gasteiger partial charge is 0.0622 e. The standard InChI is InChI=1S/C15H23NOS/c1-10-4-7-14(16)15(8-10)18(17)13-6-5-11(2)12(3)9-13/h4,7-8,11-13H,5-6,9,16H2,1-3H3. The molecule has 0 aromatic heterocycles. The third-order valence-corrected chi connectivity index (χ3v) is 6.06. The Kier molecular flexibility index (Phi) is 4.10. The predicted molar refractivity (Wildman–Crippen MR) is 78.0 cm³/mol. The van der Waals surface area contributed by atoms with Crippen LogP contribution >= 0.6 is 0 Å². The highest BCUT2D eigenvalue weighted by Gasteiger charge is 2.29. The van der Waals surface area contributed by atoms with E-state index in [0.29, 0.717) is 11.6 Å². The third-order valence-electron chi connectivity index (χ3n) is 4.24. The molecule has 2 rings (SSSR count). The summed E-state index contributed by atoms with van der Waals surface area (Å²) in [6.45, 7) is 6.59. The topological polar surface area (TPSA) is 43.1 Å². The molecule has 1 aromatic rings. The van der Waals surface area contributed by atoms with E-state index in [-0.39, 0.29) is 5.25 Å². The minimum Gasteiger partial charge on any atom is -0.398 e. The van der Waals surface area contributed by atoms with Crippen LogP contribution in [0, 0.1) is 18.8 Å². The van der Waals surface area contributed by atoms with Crippen molar-refractivity contribution >= 4 is 16.5 Å². The average molecular weight is 265 g/mol. The fourth-order valence-corrected chi connectivity index (χ4v) is 4.48. The SMILES string of the molecule is Cc1ccc(N)c(S(=O)C2CCC(C)C(C)C2)c1. The molecule has 0 aliphatic heterocycles. The van der Waals surface area contributed by atoms with Crippen molar-refractivity contribution in [1.29, 1.82) is 0 Å². The molecule has 1 aliphatic rings. The van der Waals surface area contributed by atoms with E-state index in [4.69, 9.17) is 5.73 Å². The van der Waals surface area contributed by atoms with Crippen molar-refractivity contribution in [3.8, 4) is 0 Å². The molecule has 3 heteroatoms. The van der Waals surface area contributed by atoms with Crippen molar-refractivity contribution in [2.24, 2.45) is 11.8 Å². The van der Waals surface area contributed by atoms with Crippen LogP contribution in [0.4, 0.5) is 5.69 Å². The number of hydrogen-bond acceptors (Lipinski definition) is 2. The quantitative estimate of drug-likeness (QED) is 0.832. The highest BCUT2D eigenvalue weighted by Crippen LogP contribution is 2.34. The normalized spacial score (nSPS) is 30.1. The van der Waals surface area contributed by atoms with Gasteiger partial charge in [0.05, 0.1) is 15.7 Å². The van der Waals surface area contributed by atoms with E-state index in [0.717, 1.165) is 29.2 Å². The van der Waals surface area contributed by atoms with Crippen LogP contribution in [0.15, 0.2) is 23.1 Å². The van der Waals surface area contributed by atoms with Gasteiger partial charge in [-0.3, -0.25) is 4.21 Å². The van der Waals surface area contributed by atoms with E-state index in [1.54, 1.807) is 0 Å². The molecular weight excluding hydrogens is 242 g/mol. The molecule has 2 nitrogen and oxygen atoms in total. The number of nitrogens with two attached hydrogens (primary N) is 1. The Morgan fingerprint density at radius 3 is 2.61 bits per heavy atom. The lowest BCUT2D eigenvalue weighted by molar-refractivity contribution is 0.281. The van der Waals surface area contributed by atoms with Gasteiger partial charge in [0.25, 0.3) is 0 Å². The molecule has 1 aromatic carbocycles. The zero-order valence-electron chi connectivity index (χ0n) is 11.5. The van der Waals surface area contributed by atoms with E-state index in [1.165, 1.54) is 6.42 Å². The van der Waals surface area contributed by atoms with Gasteiger partial charge in [-0.05, 0) is 55.7 Å². The molecule has 4 atom stereocenters. The number of rotatable bonds is 2. The van der Waals surface area contributed by atoms with Gasteiger partial charge in [-0.25, -0.2) is 0 Å². The monoisotopic (exact) mass is 265 g/mol. The van der Waals surface area contributed by atoms with Gasteiger partial charge in [-0.2, -0.15) is 0 Å². The molecule has 0 amide bonds. The van der Waals surface area contributed by atoms with Crippen molar-refractivity contribution in [3.63, 3.8) is 0 Å². The second-order valence-corrected chi connectivity index (χ2v) is 7.43. The first-order chi connectivity index (χ1) is 8.49. The van der Waals surface area contributed by atoms with Crippen LogP contribution in [-0.4, -0.2) is 9.46 Å². The van der Waals surface area contributed by atoms with Crippen molar-refractivity contribution in [2.75, 3.05) is 5.73 Å². The van der Waals surface area contributed by atoms with Gasteiger partial charge in [-0.15, -0.1) is 0 Å². The summed E-state index contributed by atoms with van der Waals surface area (Å²) in [5.41, 5.74) is 7.77. The second kappa shape index (κ2) is 5.43. The lowest BCUT2D eigenvalue weighted by Crippen LogP contribution is -2.28. The zero-order valence-corrected chi connectivity index (χ0v) is 12.3. The second-order valence-electron chi connectivity index (χ2n) is 5.73. The largest absolute Gasteiger partial charge is 0.398 e. The molecule has 0 spiro atoms. The first-order valence-corrected chi connectivity index (χ1v) is 7.97. The molecule has 0 saturated heterocycles. The summed E-state index contributed by atoms with van der Waals surface area (Å²) < 4.78 is 12.7. The molecule has 100 valence electrons. The summed E-state index contributed by atoms with van der Waals surface area (Å²) in [5.74, 6) is 1.42. The highest BCUT2D eigenvalue weighted by atomic mass is 32.2. The molecule has 0 radical (unpaired) electrons. The van der Waals surface area contributed by atoms with Gasteiger partial charge in [0, 0.05) is 10.9 Å². The number of benzene rings is 1. The van der Waals surface area contributed by atoms with Crippen LogP contribution in [0.25, 0.3) is 0 Å². The molecule has 0 bridgehead atoms. The third kappa shape index (κ3) is 2.77. The Hall–Kier alpha value is -0.830. The molecule has 1 aliphatic carbocycles. The molecule has 4 unspecified atom stereocenters. The number of aryl methyl sites for hydroxylation is 1. The molecule has 1 fully saturated rings. The predicted octanol–water partition coefficient (Wildman–Crippen LogP) is 3.51. The van der Waals surface area contributed by atoms with Crippen LogP contribution in [-0.2, 0) is 10.8 Å². The van der Waals surface area contributed by atoms with Crippen LogP contribution < -0.4 is 5.73 Å². The van der Waals surface area contributed by atoms with Gasteiger partial charge in [0.1, 0.15) is 0 Å². The Balaban J connectivity index is 2.19. The Bertz CT molecular complexity index is 458. The molecule has 1 saturated carbocycles. The van der Waals surface area contributed by atoms with Gasteiger partial charge >= 0.3 is 0 Å². The Labute approximate surface area is 112 Å². The van der Waals surface area contributed by atoms with E-state index >= 15 is 0 Å². The van der Waals surface area contributed by atoms with Gasteiger partial charge < -0.3 is 5.73 Å². The van der Waals surface area contributed by atoms with E-state index in [2.05, 4.69) is 13.8 Å². The molecule has 18 heavy (non-hydrogen) atoms. The fourth-order valence-electron chi connectivity index (χ4n) is 2.69. The Morgan fingerprint density at radius 1 is 1.22 bits per heavy atom. The van der Waals surface area contributed by atoms with Crippen molar-refractivity contribution < 1.29 is 4.21 Å². The van der Waals surface area contributed by atoms with Gasteiger partial charge in [0.15, 0.2) is 0 Å². The maximum Gasteiger partial charge on any atom is 0.0622 e. The lowest BCUT2D eigenvalue weighted by Gasteiger charge is -2.31. The van der Waals surface area contributed by atoms with Crippen LogP contribution in [0.3, 0.4) is 0 Å². The van der Waals surface area contributed by atoms with E-state index in [9.17, 15) is 4.21 Å². The van der Waals surface area contributed by atoms with Crippen molar-refractivity contribution in [3.05, 3.63) is 23.8 Å². The van der Waals surface area contributed by atoms with E-state index in [1.807, 2.05) is 25.1 Å². The van der Waals surface area contributed by atoms with Crippen LogP contribution in [0.5, 0.6) is 0 Å². The van der Waals surface area contributed by atoms with Crippen molar-refractivity contribution in [1.82, 2.24) is 0 Å². The first-order valence-electron chi connectivity index (χ1n) is 6.75. The maximum absolute atomic E-state index is 12.7. The Morgan fingerprint density at radius 2 is 1.94 bits per heavy atom. The molecule has 2 N–H and O–H groups in total. The maximum atomic E-state index is 12.7. The number of hydrogen-bond donors (Lipinski definition) is 1. The zero-order chi connectivity index (χ0) is 13.3. The lowest BCUT2D eigenvalue weighted by atomic mass is 9.81.